The normalized spacial score (nSPS) is 20.9. The molecule has 1 spiro atoms. The number of pyridine rings is 1. The Kier molecular flexibility index (Phi) is 7.23. The van der Waals surface area contributed by atoms with E-state index in [-0.39, 0.29) is 27.7 Å². The van der Waals surface area contributed by atoms with E-state index in [2.05, 4.69) is 10.00 Å². The number of rotatable bonds is 5. The number of alkyl halides is 1. The zero-order valence-corrected chi connectivity index (χ0v) is 23.3. The van der Waals surface area contributed by atoms with Crippen LogP contribution in [0.3, 0.4) is 0 Å². The number of hydrogen-bond acceptors (Lipinski definition) is 6. The van der Waals surface area contributed by atoms with Crippen molar-refractivity contribution >= 4 is 39.9 Å². The summed E-state index contributed by atoms with van der Waals surface area (Å²) in [6.45, 7) is 8.85. The van der Waals surface area contributed by atoms with Gasteiger partial charge in [0.05, 0.1) is 48.0 Å². The van der Waals surface area contributed by atoms with Crippen LogP contribution in [-0.4, -0.2) is 99.6 Å². The Morgan fingerprint density at radius 3 is 2.53 bits per heavy atom. The smallest absolute Gasteiger partial charge is 0.320 e. The van der Waals surface area contributed by atoms with Crippen molar-refractivity contribution < 1.29 is 18.7 Å². The van der Waals surface area contributed by atoms with E-state index < -0.39 is 12.3 Å². The second-order valence-corrected chi connectivity index (χ2v) is 12.4. The Labute approximate surface area is 226 Å². The van der Waals surface area contributed by atoms with Crippen LogP contribution in [0.4, 0.5) is 25.0 Å². The zero-order valence-electron chi connectivity index (χ0n) is 22.5. The topological polar surface area (TPSA) is 91.4 Å². The molecule has 5 rings (SSSR count). The molecule has 2 aromatic rings. The maximum absolute atomic E-state index is 15.3. The minimum Gasteiger partial charge on any atom is -0.389 e. The summed E-state index contributed by atoms with van der Waals surface area (Å²) in [5, 5.41) is 22.5. The molecule has 0 saturated carbocycles. The molecule has 2 amide bonds. The van der Waals surface area contributed by atoms with Gasteiger partial charge in [-0.2, -0.15) is 5.10 Å². The largest absolute Gasteiger partial charge is 0.389 e. The second kappa shape index (κ2) is 10.2. The quantitative estimate of drug-likeness (QED) is 0.438. The molecule has 208 valence electrons. The molecule has 5 heterocycles. The fraction of sp³-hybridized carbons (Fsp3) is 0.654. The van der Waals surface area contributed by atoms with Crippen LogP contribution >= 0.6 is 11.8 Å². The third kappa shape index (κ3) is 4.81. The fourth-order valence-corrected chi connectivity index (χ4v) is 6.43. The molecule has 0 aliphatic carbocycles. The van der Waals surface area contributed by atoms with E-state index >= 15 is 4.39 Å². The van der Waals surface area contributed by atoms with E-state index in [9.17, 15) is 14.3 Å². The molecule has 1 unspecified atom stereocenters. The van der Waals surface area contributed by atoms with Gasteiger partial charge in [-0.15, -0.1) is 0 Å². The van der Waals surface area contributed by atoms with E-state index in [1.807, 2.05) is 17.9 Å². The summed E-state index contributed by atoms with van der Waals surface area (Å²) < 4.78 is 30.6. The van der Waals surface area contributed by atoms with Crippen LogP contribution in [0.5, 0.6) is 0 Å². The predicted molar refractivity (Wildman–Crippen MR) is 147 cm³/mol. The molecule has 3 aliphatic rings. The average Bonchev–Trinajstić information content (AvgIpc) is 3.21. The summed E-state index contributed by atoms with van der Waals surface area (Å²) in [7, 11) is 1.78. The molecule has 2 aromatic heterocycles. The number of likely N-dealkylation sites (tertiary alicyclic amines) is 2. The van der Waals surface area contributed by atoms with Crippen LogP contribution in [0, 0.1) is 16.6 Å². The van der Waals surface area contributed by atoms with Crippen LogP contribution in [0.15, 0.2) is 12.3 Å². The maximum atomic E-state index is 15.3. The Bertz CT molecular complexity index is 1220. The number of urea groups is 1. The number of aromatic nitrogens is 2. The number of thioether (sulfide) groups is 1. The molecule has 9 nitrogen and oxygen atoms in total. The molecule has 3 saturated heterocycles. The first kappa shape index (κ1) is 27.0. The molecule has 3 aliphatic heterocycles. The van der Waals surface area contributed by atoms with Gasteiger partial charge in [-0.3, -0.25) is 5.41 Å². The Morgan fingerprint density at radius 2 is 1.95 bits per heavy atom. The number of nitrogens with one attached hydrogen (secondary N) is 1. The lowest BCUT2D eigenvalue weighted by Crippen LogP contribution is -2.67. The first-order chi connectivity index (χ1) is 18.0. The lowest BCUT2D eigenvalue weighted by molar-refractivity contribution is -0.0311. The summed E-state index contributed by atoms with van der Waals surface area (Å²) in [4.78, 5) is 19.8. The predicted octanol–water partition coefficient (Wildman–Crippen LogP) is 3.59. The maximum Gasteiger partial charge on any atom is 0.320 e. The van der Waals surface area contributed by atoms with Crippen molar-refractivity contribution in [3.05, 3.63) is 23.8 Å². The average molecular weight is 550 g/mol. The molecule has 3 fully saturated rings. The number of carbonyl (C=O) groups excluding carboxylic acids is 1. The third-order valence-corrected chi connectivity index (χ3v) is 9.53. The van der Waals surface area contributed by atoms with Crippen molar-refractivity contribution in [2.45, 2.75) is 57.6 Å². The standard InChI is InChI=1S/C26H37F2N7O2S/c1-5-20-23(31(4)24(29)38-17(3)16(2)27)22-10-21(19(28)13-35(22)30-20)32-8-6-26(7-9-32)14-34(15-26)25(37)33-11-18(36)12-33/h10,13,16-18,29,36H,5-9,11-12,14-15H2,1-4H3/t16-,17?/m1/s1. The SMILES string of the molecule is CCc1nn2cc(F)c(N3CCC4(CC3)CN(C(=O)N3CC(O)C3)C4)cc2c1N(C)C(=N)SC(C)[C@@H](C)F. The van der Waals surface area contributed by atoms with Gasteiger partial charge in [0.25, 0.3) is 0 Å². The molecule has 0 radical (unpaired) electrons. The number of hydrogen-bond donors (Lipinski definition) is 2. The van der Waals surface area contributed by atoms with Crippen molar-refractivity contribution in [1.29, 1.82) is 5.41 Å². The summed E-state index contributed by atoms with van der Waals surface area (Å²) in [5.41, 5.74) is 2.79. The van der Waals surface area contributed by atoms with E-state index in [0.717, 1.165) is 36.0 Å². The number of halogens is 2. The molecule has 2 N–H and O–H groups in total. The van der Waals surface area contributed by atoms with Gasteiger partial charge >= 0.3 is 6.03 Å². The summed E-state index contributed by atoms with van der Waals surface area (Å²) >= 11 is 1.16. The van der Waals surface area contributed by atoms with Crippen LogP contribution in [0.1, 0.15) is 39.3 Å². The number of carbonyl (C=O) groups is 1. The Hall–Kier alpha value is -2.60. The van der Waals surface area contributed by atoms with Crippen LogP contribution in [0.2, 0.25) is 0 Å². The molecule has 0 bridgehead atoms. The zero-order chi connectivity index (χ0) is 27.4. The fourth-order valence-electron chi connectivity index (χ4n) is 5.64. The molecule has 2 atom stereocenters. The van der Waals surface area contributed by atoms with Crippen LogP contribution in [0.25, 0.3) is 5.52 Å². The number of amidine groups is 1. The molecule has 0 aromatic carbocycles. The van der Waals surface area contributed by atoms with Crippen LogP contribution in [-0.2, 0) is 6.42 Å². The van der Waals surface area contributed by atoms with Gasteiger partial charge in [0, 0.05) is 43.9 Å². The molecular weight excluding hydrogens is 512 g/mol. The first-order valence-electron chi connectivity index (χ1n) is 13.3. The first-order valence-corrected chi connectivity index (χ1v) is 14.2. The second-order valence-electron chi connectivity index (χ2n) is 11.0. The summed E-state index contributed by atoms with van der Waals surface area (Å²) in [6.07, 6.45) is 2.31. The lowest BCUT2D eigenvalue weighted by Gasteiger charge is -2.55. The van der Waals surface area contributed by atoms with Crippen molar-refractivity contribution in [3.63, 3.8) is 0 Å². The van der Waals surface area contributed by atoms with Crippen molar-refractivity contribution in [2.75, 3.05) is 56.1 Å². The number of aryl methyl sites for hydroxylation is 1. The lowest BCUT2D eigenvalue weighted by atomic mass is 9.72. The van der Waals surface area contributed by atoms with E-state index in [1.54, 1.807) is 23.8 Å². The van der Waals surface area contributed by atoms with Gasteiger partial charge in [0.2, 0.25) is 0 Å². The van der Waals surface area contributed by atoms with Crippen LogP contribution < -0.4 is 9.80 Å². The highest BCUT2D eigenvalue weighted by Crippen LogP contribution is 2.43. The van der Waals surface area contributed by atoms with Gasteiger partial charge in [0.15, 0.2) is 11.0 Å². The summed E-state index contributed by atoms with van der Waals surface area (Å²) in [5.74, 6) is -0.348. The summed E-state index contributed by atoms with van der Waals surface area (Å²) in [6, 6.07) is 1.82. The molecule has 12 heteroatoms. The number of aliphatic hydroxyl groups is 1. The molecule has 38 heavy (non-hydrogen) atoms. The minimum absolute atomic E-state index is 0.00283. The number of aliphatic hydroxyl groups excluding tert-OH is 1. The van der Waals surface area contributed by atoms with E-state index in [4.69, 9.17) is 5.41 Å². The number of β-amino-alcohol motifs (C(OH)–C–C–N with tert-alkyl or cyclic N) is 1. The molecular formula is C26H37F2N7O2S. The number of anilines is 2. The number of amides is 2. The van der Waals surface area contributed by atoms with Gasteiger partial charge in [0.1, 0.15) is 6.17 Å². The number of fused-ring (bicyclic) bond motifs is 1. The highest BCUT2D eigenvalue weighted by Gasteiger charge is 2.48. The van der Waals surface area contributed by atoms with Gasteiger partial charge in [-0.25, -0.2) is 18.1 Å². The minimum atomic E-state index is -1.05. The van der Waals surface area contributed by atoms with E-state index in [0.29, 0.717) is 56.9 Å². The highest BCUT2D eigenvalue weighted by molar-refractivity contribution is 8.14. The monoisotopic (exact) mass is 549 g/mol. The third-order valence-electron chi connectivity index (χ3n) is 8.28. The van der Waals surface area contributed by atoms with E-state index in [1.165, 1.54) is 17.6 Å². The van der Waals surface area contributed by atoms with Gasteiger partial charge in [-0.05, 0) is 32.3 Å². The Balaban J connectivity index is 1.30. The number of nitrogens with zero attached hydrogens (tertiary/aromatic N) is 6. The van der Waals surface area contributed by atoms with Gasteiger partial charge in [-0.1, -0.05) is 25.6 Å². The van der Waals surface area contributed by atoms with Crippen molar-refractivity contribution in [1.82, 2.24) is 19.4 Å². The highest BCUT2D eigenvalue weighted by atomic mass is 32.2. The Morgan fingerprint density at radius 1 is 1.29 bits per heavy atom. The number of piperidine rings is 1. The van der Waals surface area contributed by atoms with Gasteiger partial charge < -0.3 is 24.7 Å². The van der Waals surface area contributed by atoms with Crippen molar-refractivity contribution in [2.24, 2.45) is 5.41 Å². The van der Waals surface area contributed by atoms with Crippen molar-refractivity contribution in [3.8, 4) is 0 Å².